The van der Waals surface area contributed by atoms with Gasteiger partial charge in [0, 0.05) is 6.42 Å². The molecule has 152 valence electrons. The van der Waals surface area contributed by atoms with Gasteiger partial charge in [0.1, 0.15) is 10.4 Å². The Labute approximate surface area is 173 Å². The van der Waals surface area contributed by atoms with Crippen LogP contribution in [0, 0.1) is 12.8 Å². The molecule has 1 aliphatic heterocycles. The third kappa shape index (κ3) is 3.76. The van der Waals surface area contributed by atoms with Crippen molar-refractivity contribution in [1.82, 2.24) is 20.7 Å². The highest BCUT2D eigenvalue weighted by Crippen LogP contribution is 2.36. The molecule has 1 saturated carbocycles. The number of hydrogen-bond donors (Lipinski definition) is 2. The van der Waals surface area contributed by atoms with Gasteiger partial charge in [0.2, 0.25) is 0 Å². The number of hydrazine groups is 1. The number of nitrogens with one attached hydrogen (secondary N) is 2. The van der Waals surface area contributed by atoms with E-state index in [-0.39, 0.29) is 5.91 Å². The van der Waals surface area contributed by atoms with Crippen molar-refractivity contribution in [3.05, 3.63) is 51.5 Å². The first-order valence-electron chi connectivity index (χ1n) is 9.86. The van der Waals surface area contributed by atoms with Crippen LogP contribution in [0.25, 0.3) is 0 Å². The fourth-order valence-electron chi connectivity index (χ4n) is 3.98. The lowest BCUT2D eigenvalue weighted by molar-refractivity contribution is -0.134. The molecule has 0 bridgehead atoms. The van der Waals surface area contributed by atoms with Gasteiger partial charge in [0.05, 0.1) is 10.7 Å². The van der Waals surface area contributed by atoms with Crippen molar-refractivity contribution < 1.29 is 14.4 Å². The van der Waals surface area contributed by atoms with E-state index in [1.165, 1.54) is 11.3 Å². The molecule has 1 aromatic heterocycles. The van der Waals surface area contributed by atoms with Gasteiger partial charge in [-0.2, -0.15) is 5.01 Å². The van der Waals surface area contributed by atoms with Crippen LogP contribution in [0.2, 0.25) is 0 Å². The lowest BCUT2D eigenvalue weighted by Gasteiger charge is -2.33. The summed E-state index contributed by atoms with van der Waals surface area (Å²) in [6.45, 7) is 3.91. The fourth-order valence-corrected chi connectivity index (χ4v) is 4.97. The summed E-state index contributed by atoms with van der Waals surface area (Å²) in [5.74, 6) is -0.310. The summed E-state index contributed by atoms with van der Waals surface area (Å²) in [7, 11) is 0. The number of urea groups is 1. The monoisotopic (exact) mass is 412 g/mol. The van der Waals surface area contributed by atoms with Crippen molar-refractivity contribution in [1.29, 1.82) is 0 Å². The molecule has 1 aromatic carbocycles. The number of amides is 4. The van der Waals surface area contributed by atoms with Crippen LogP contribution in [0.4, 0.5) is 4.79 Å². The summed E-state index contributed by atoms with van der Waals surface area (Å²) in [6.07, 6.45) is 3.59. The van der Waals surface area contributed by atoms with Gasteiger partial charge in [0.25, 0.3) is 11.8 Å². The van der Waals surface area contributed by atoms with Gasteiger partial charge in [-0.1, -0.05) is 37.3 Å². The number of carbonyl (C=O) groups is 3. The summed E-state index contributed by atoms with van der Waals surface area (Å²) >= 11 is 1.28. The van der Waals surface area contributed by atoms with Crippen LogP contribution in [0.3, 0.4) is 0 Å². The number of rotatable bonds is 4. The van der Waals surface area contributed by atoms with Crippen molar-refractivity contribution >= 4 is 29.2 Å². The Bertz CT molecular complexity index is 948. The van der Waals surface area contributed by atoms with E-state index in [1.54, 1.807) is 6.92 Å². The number of hydrogen-bond acceptors (Lipinski definition) is 5. The number of benzene rings is 1. The van der Waals surface area contributed by atoms with Gasteiger partial charge in [-0.3, -0.25) is 15.0 Å². The molecule has 1 aliphatic carbocycles. The number of aromatic nitrogens is 1. The van der Waals surface area contributed by atoms with Gasteiger partial charge in [-0.15, -0.1) is 11.3 Å². The first kappa shape index (κ1) is 19.6. The molecule has 2 aromatic rings. The predicted molar refractivity (Wildman–Crippen MR) is 109 cm³/mol. The maximum Gasteiger partial charge on any atom is 0.344 e. The molecule has 4 rings (SSSR count). The first-order chi connectivity index (χ1) is 13.9. The minimum absolute atomic E-state index is 0.366. The molecule has 7 nitrogen and oxygen atoms in total. The number of carbonyl (C=O) groups excluding carboxylic acids is 3. The number of thiazole rings is 1. The highest BCUT2D eigenvalue weighted by atomic mass is 32.1. The van der Waals surface area contributed by atoms with Crippen LogP contribution in [0.1, 0.15) is 58.5 Å². The normalized spacial score (nSPS) is 24.1. The average Bonchev–Trinajstić information content (AvgIpc) is 3.17. The highest BCUT2D eigenvalue weighted by molar-refractivity contribution is 7.13. The summed E-state index contributed by atoms with van der Waals surface area (Å²) in [5, 5.41) is 4.46. The molecular weight excluding hydrogens is 388 g/mol. The van der Waals surface area contributed by atoms with Gasteiger partial charge < -0.3 is 5.32 Å². The largest absolute Gasteiger partial charge is 0.344 e. The Balaban J connectivity index is 1.47. The summed E-state index contributed by atoms with van der Waals surface area (Å²) in [6, 6.07) is 9.33. The van der Waals surface area contributed by atoms with Crippen LogP contribution in [0.5, 0.6) is 0 Å². The van der Waals surface area contributed by atoms with Gasteiger partial charge in [-0.05, 0) is 44.1 Å². The van der Waals surface area contributed by atoms with Gasteiger partial charge in [0.15, 0.2) is 0 Å². The summed E-state index contributed by atoms with van der Waals surface area (Å²) < 4.78 is 0. The lowest BCUT2D eigenvalue weighted by atomic mass is 9.77. The minimum atomic E-state index is -0.877. The van der Waals surface area contributed by atoms with Crippen LogP contribution in [0.15, 0.2) is 30.3 Å². The van der Waals surface area contributed by atoms with E-state index in [0.717, 1.165) is 28.4 Å². The van der Waals surface area contributed by atoms with Crippen LogP contribution < -0.4 is 10.7 Å². The predicted octanol–water partition coefficient (Wildman–Crippen LogP) is 3.19. The molecule has 2 aliphatic rings. The third-order valence-electron chi connectivity index (χ3n) is 5.75. The topological polar surface area (TPSA) is 91.4 Å². The summed E-state index contributed by atoms with van der Waals surface area (Å²) in [5.41, 5.74) is 3.32. The van der Waals surface area contributed by atoms with E-state index in [2.05, 4.69) is 22.7 Å². The maximum absolute atomic E-state index is 12.9. The molecule has 0 radical (unpaired) electrons. The molecule has 2 N–H and O–H groups in total. The maximum atomic E-state index is 12.9. The second-order valence-electron chi connectivity index (χ2n) is 7.96. The van der Waals surface area contributed by atoms with Crippen LogP contribution in [-0.4, -0.2) is 33.4 Å². The van der Waals surface area contributed by atoms with Crippen molar-refractivity contribution in [2.75, 3.05) is 0 Å². The average molecular weight is 413 g/mol. The molecular formula is C21H24N4O3S. The number of imide groups is 1. The first-order valence-corrected chi connectivity index (χ1v) is 10.7. The van der Waals surface area contributed by atoms with E-state index < -0.39 is 17.5 Å². The molecule has 1 spiro atoms. The molecule has 0 atom stereocenters. The molecule has 2 fully saturated rings. The standard InChI is InChI=1S/C21H24N4O3S/c1-13-8-10-21(11-9-13)19(27)25(20(28)23-21)24-18(26)17-14(2)22-16(29-17)12-15-6-4-3-5-7-15/h3-7,13H,8-12H2,1-2H3,(H,23,28)(H,24,26). The number of aryl methyl sites for hydroxylation is 1. The van der Waals surface area contributed by atoms with E-state index in [0.29, 0.717) is 35.8 Å². The van der Waals surface area contributed by atoms with Crippen LogP contribution in [-0.2, 0) is 11.2 Å². The Kier molecular flexibility index (Phi) is 5.12. The van der Waals surface area contributed by atoms with E-state index >= 15 is 0 Å². The SMILES string of the molecule is Cc1nc(Cc2ccccc2)sc1C(=O)NN1C(=O)NC2(CCC(C)CC2)C1=O. The quantitative estimate of drug-likeness (QED) is 0.755. The fraction of sp³-hybridized carbons (Fsp3) is 0.429. The zero-order valence-electron chi connectivity index (χ0n) is 16.5. The Hall–Kier alpha value is -2.74. The molecule has 2 heterocycles. The second kappa shape index (κ2) is 7.59. The van der Waals surface area contributed by atoms with Crippen LogP contribution >= 0.6 is 11.3 Å². The minimum Gasteiger partial charge on any atom is -0.322 e. The van der Waals surface area contributed by atoms with Crippen molar-refractivity contribution in [2.45, 2.75) is 51.5 Å². The number of nitrogens with zero attached hydrogens (tertiary/aromatic N) is 2. The smallest absolute Gasteiger partial charge is 0.322 e. The highest BCUT2D eigenvalue weighted by Gasteiger charge is 2.53. The molecule has 1 saturated heterocycles. The summed E-state index contributed by atoms with van der Waals surface area (Å²) in [4.78, 5) is 43.0. The molecule has 0 unspecified atom stereocenters. The Morgan fingerprint density at radius 3 is 2.66 bits per heavy atom. The molecule has 4 amide bonds. The zero-order valence-corrected chi connectivity index (χ0v) is 17.3. The Morgan fingerprint density at radius 1 is 1.28 bits per heavy atom. The van der Waals surface area contributed by atoms with E-state index in [9.17, 15) is 14.4 Å². The van der Waals surface area contributed by atoms with Crippen molar-refractivity contribution in [2.24, 2.45) is 5.92 Å². The van der Waals surface area contributed by atoms with E-state index in [1.807, 2.05) is 30.3 Å². The third-order valence-corrected chi connectivity index (χ3v) is 6.90. The van der Waals surface area contributed by atoms with Gasteiger partial charge in [-0.25, -0.2) is 9.78 Å². The lowest BCUT2D eigenvalue weighted by Crippen LogP contribution is -2.51. The van der Waals surface area contributed by atoms with Crippen molar-refractivity contribution in [3.63, 3.8) is 0 Å². The van der Waals surface area contributed by atoms with Gasteiger partial charge >= 0.3 is 6.03 Å². The second-order valence-corrected chi connectivity index (χ2v) is 9.04. The van der Waals surface area contributed by atoms with E-state index in [4.69, 9.17) is 0 Å². The molecule has 8 heteroatoms. The molecule has 29 heavy (non-hydrogen) atoms. The zero-order chi connectivity index (χ0) is 20.6. The van der Waals surface area contributed by atoms with Crippen molar-refractivity contribution in [3.8, 4) is 0 Å². The Morgan fingerprint density at radius 2 is 1.97 bits per heavy atom.